The highest BCUT2D eigenvalue weighted by Crippen LogP contribution is 2.17. The van der Waals surface area contributed by atoms with Crippen LogP contribution < -0.4 is 10.5 Å². The molecule has 0 aliphatic heterocycles. The van der Waals surface area contributed by atoms with Gasteiger partial charge in [0.2, 0.25) is 0 Å². The smallest absolute Gasteiger partial charge is 0.259 e. The highest BCUT2D eigenvalue weighted by atomic mass is 19.1. The third-order valence-corrected chi connectivity index (χ3v) is 2.87. The monoisotopic (exact) mass is 296 g/mol. The Hall–Kier alpha value is -3.13. The lowest BCUT2D eigenvalue weighted by molar-refractivity contribution is -0.114. The molecular weight excluding hydrogens is 283 g/mol. The number of carbonyl (C=O) groups is 1. The molecule has 0 saturated carbocycles. The van der Waals surface area contributed by atoms with E-state index in [1.807, 2.05) is 0 Å². The zero-order chi connectivity index (χ0) is 15.9. The summed E-state index contributed by atoms with van der Waals surface area (Å²) in [5.74, 6) is -0.508. The number of ether oxygens (including phenoxy) is 1. The summed E-state index contributed by atoms with van der Waals surface area (Å²) in [6.07, 6.45) is 1.40. The largest absolute Gasteiger partial charge is 0.489 e. The number of amides is 1. The first-order chi connectivity index (χ1) is 10.6. The average molecular weight is 296 g/mol. The van der Waals surface area contributed by atoms with E-state index < -0.39 is 5.91 Å². The van der Waals surface area contributed by atoms with Gasteiger partial charge in [-0.2, -0.15) is 5.26 Å². The van der Waals surface area contributed by atoms with Gasteiger partial charge in [-0.3, -0.25) is 4.79 Å². The number of rotatable bonds is 5. The number of hydrogen-bond acceptors (Lipinski definition) is 3. The van der Waals surface area contributed by atoms with Gasteiger partial charge in [0, 0.05) is 0 Å². The van der Waals surface area contributed by atoms with Crippen molar-refractivity contribution in [3.63, 3.8) is 0 Å². The molecule has 0 aliphatic rings. The molecule has 0 aliphatic carbocycles. The van der Waals surface area contributed by atoms with Crippen LogP contribution in [-0.2, 0) is 11.4 Å². The third kappa shape index (κ3) is 4.18. The van der Waals surface area contributed by atoms with E-state index in [1.165, 1.54) is 18.2 Å². The molecule has 0 aromatic heterocycles. The van der Waals surface area contributed by atoms with Crippen LogP contribution in [0.1, 0.15) is 11.1 Å². The standard InChI is InChI=1S/C17H13FN2O2/c18-15-6-4-12(5-7-15)11-22-16-3-1-2-13(9-16)8-14(10-19)17(20)21/h1-9H,11H2,(H2,20,21)/b14-8-. The van der Waals surface area contributed by atoms with Crippen LogP contribution in [0.4, 0.5) is 4.39 Å². The molecule has 0 radical (unpaired) electrons. The van der Waals surface area contributed by atoms with Crippen LogP contribution in [0.5, 0.6) is 5.75 Å². The maximum Gasteiger partial charge on any atom is 0.259 e. The second-order valence-corrected chi connectivity index (χ2v) is 4.52. The number of hydrogen-bond donors (Lipinski definition) is 1. The first-order valence-corrected chi connectivity index (χ1v) is 6.47. The van der Waals surface area contributed by atoms with Crippen molar-refractivity contribution in [1.82, 2.24) is 0 Å². The first kappa shape index (κ1) is 15.3. The van der Waals surface area contributed by atoms with Crippen LogP contribution in [0.25, 0.3) is 6.08 Å². The Bertz CT molecular complexity index is 746. The van der Waals surface area contributed by atoms with Gasteiger partial charge in [0.05, 0.1) is 0 Å². The topological polar surface area (TPSA) is 76.1 Å². The molecule has 1 amide bonds. The lowest BCUT2D eigenvalue weighted by Gasteiger charge is -2.07. The highest BCUT2D eigenvalue weighted by Gasteiger charge is 2.04. The van der Waals surface area contributed by atoms with Crippen LogP contribution in [-0.4, -0.2) is 5.91 Å². The van der Waals surface area contributed by atoms with Crippen LogP contribution >= 0.6 is 0 Å². The van der Waals surface area contributed by atoms with Crippen molar-refractivity contribution in [3.8, 4) is 11.8 Å². The van der Waals surface area contributed by atoms with Crippen LogP contribution in [0.15, 0.2) is 54.1 Å². The van der Waals surface area contributed by atoms with Crippen molar-refractivity contribution >= 4 is 12.0 Å². The summed E-state index contributed by atoms with van der Waals surface area (Å²) in [7, 11) is 0. The highest BCUT2D eigenvalue weighted by molar-refractivity contribution is 6.00. The van der Waals surface area contributed by atoms with Crippen LogP contribution in [0.3, 0.4) is 0 Å². The van der Waals surface area contributed by atoms with E-state index in [0.717, 1.165) is 5.56 Å². The van der Waals surface area contributed by atoms with E-state index in [2.05, 4.69) is 0 Å². The maximum absolute atomic E-state index is 12.8. The average Bonchev–Trinajstić information content (AvgIpc) is 2.52. The van der Waals surface area contributed by atoms with E-state index >= 15 is 0 Å². The number of primary amides is 1. The van der Waals surface area contributed by atoms with E-state index in [1.54, 1.807) is 42.5 Å². The van der Waals surface area contributed by atoms with E-state index in [9.17, 15) is 9.18 Å². The van der Waals surface area contributed by atoms with Crippen molar-refractivity contribution in [2.75, 3.05) is 0 Å². The van der Waals surface area contributed by atoms with Gasteiger partial charge in [-0.1, -0.05) is 24.3 Å². The second kappa shape index (κ2) is 7.04. The number of nitriles is 1. The normalized spacial score (nSPS) is 10.8. The van der Waals surface area contributed by atoms with Gasteiger partial charge in [-0.05, 0) is 41.5 Å². The van der Waals surface area contributed by atoms with Crippen LogP contribution in [0, 0.1) is 17.1 Å². The Morgan fingerprint density at radius 3 is 2.64 bits per heavy atom. The van der Waals surface area contributed by atoms with Crippen LogP contribution in [0.2, 0.25) is 0 Å². The summed E-state index contributed by atoms with van der Waals surface area (Å²) in [5, 5.41) is 8.82. The molecule has 2 aromatic carbocycles. The first-order valence-electron chi connectivity index (χ1n) is 6.47. The third-order valence-electron chi connectivity index (χ3n) is 2.87. The molecule has 2 rings (SSSR count). The molecule has 4 nitrogen and oxygen atoms in total. The molecule has 0 saturated heterocycles. The van der Waals surface area contributed by atoms with E-state index in [-0.39, 0.29) is 18.0 Å². The lowest BCUT2D eigenvalue weighted by atomic mass is 10.1. The fraction of sp³-hybridized carbons (Fsp3) is 0.0588. The maximum atomic E-state index is 12.8. The van der Waals surface area contributed by atoms with Crippen molar-refractivity contribution in [2.45, 2.75) is 6.61 Å². The zero-order valence-electron chi connectivity index (χ0n) is 11.6. The predicted octanol–water partition coefficient (Wildman–Crippen LogP) is 2.80. The number of halogens is 1. The zero-order valence-corrected chi connectivity index (χ0v) is 11.6. The molecule has 0 bridgehead atoms. The number of nitrogens with zero attached hydrogens (tertiary/aromatic N) is 1. The van der Waals surface area contributed by atoms with Gasteiger partial charge in [0.15, 0.2) is 0 Å². The lowest BCUT2D eigenvalue weighted by Crippen LogP contribution is -2.12. The minimum absolute atomic E-state index is 0.129. The summed E-state index contributed by atoms with van der Waals surface area (Å²) >= 11 is 0. The summed E-state index contributed by atoms with van der Waals surface area (Å²) in [4.78, 5) is 11.0. The van der Waals surface area contributed by atoms with Gasteiger partial charge in [0.1, 0.15) is 29.8 Å². The molecule has 0 atom stereocenters. The van der Waals surface area contributed by atoms with Crippen molar-refractivity contribution in [1.29, 1.82) is 5.26 Å². The summed E-state index contributed by atoms with van der Waals surface area (Å²) in [6.45, 7) is 0.286. The Labute approximate surface area is 127 Å². The quantitative estimate of drug-likeness (QED) is 0.681. The molecule has 0 spiro atoms. The molecular formula is C17H13FN2O2. The fourth-order valence-corrected chi connectivity index (χ4v) is 1.77. The van der Waals surface area contributed by atoms with Crippen molar-refractivity contribution < 1.29 is 13.9 Å². The molecule has 0 unspecified atom stereocenters. The SMILES string of the molecule is N#C/C(=C/c1cccc(OCc2ccc(F)cc2)c1)C(N)=O. The second-order valence-electron chi connectivity index (χ2n) is 4.52. The molecule has 0 heterocycles. The van der Waals surface area contributed by atoms with E-state index in [0.29, 0.717) is 11.3 Å². The molecule has 0 fully saturated rings. The Balaban J connectivity index is 2.10. The molecule has 2 N–H and O–H groups in total. The minimum Gasteiger partial charge on any atom is -0.489 e. The van der Waals surface area contributed by atoms with Gasteiger partial charge in [-0.25, -0.2) is 4.39 Å². The Kier molecular flexibility index (Phi) is 4.89. The summed E-state index contributed by atoms with van der Waals surface area (Å²) in [5.41, 5.74) is 6.42. The van der Waals surface area contributed by atoms with Gasteiger partial charge in [-0.15, -0.1) is 0 Å². The molecule has 22 heavy (non-hydrogen) atoms. The number of carbonyl (C=O) groups excluding carboxylic acids is 1. The molecule has 2 aromatic rings. The molecule has 5 heteroatoms. The van der Waals surface area contributed by atoms with Gasteiger partial charge < -0.3 is 10.5 Å². The van der Waals surface area contributed by atoms with Gasteiger partial charge >= 0.3 is 0 Å². The predicted molar refractivity (Wildman–Crippen MR) is 80.0 cm³/mol. The minimum atomic E-state index is -0.778. The number of benzene rings is 2. The van der Waals surface area contributed by atoms with Crippen molar-refractivity contribution in [2.24, 2.45) is 5.73 Å². The Morgan fingerprint density at radius 1 is 1.27 bits per heavy atom. The van der Waals surface area contributed by atoms with Crippen molar-refractivity contribution in [3.05, 3.63) is 71.0 Å². The number of nitrogens with two attached hydrogens (primary N) is 1. The van der Waals surface area contributed by atoms with E-state index in [4.69, 9.17) is 15.7 Å². The summed E-state index contributed by atoms with van der Waals surface area (Å²) in [6, 6.07) is 14.6. The fourth-order valence-electron chi connectivity index (χ4n) is 1.77. The Morgan fingerprint density at radius 2 is 2.00 bits per heavy atom. The molecule has 110 valence electrons. The summed E-state index contributed by atoms with van der Waals surface area (Å²) < 4.78 is 18.4. The van der Waals surface area contributed by atoms with Gasteiger partial charge in [0.25, 0.3) is 5.91 Å².